The first-order chi connectivity index (χ1) is 7.87. The predicted octanol–water partition coefficient (Wildman–Crippen LogP) is 1.18. The maximum atomic E-state index is 12.1. The number of Topliss-reactive ketones (excluding diaryl/α,β-unsaturated/α-hetero) is 1. The average molecular weight is 279 g/mol. The van der Waals surface area contributed by atoms with Gasteiger partial charge in [-0.3, -0.25) is 8.98 Å². The van der Waals surface area contributed by atoms with Crippen molar-refractivity contribution in [3.63, 3.8) is 0 Å². The second-order valence-electron chi connectivity index (χ2n) is 5.55. The molecule has 4 aliphatic rings. The second-order valence-corrected chi connectivity index (χ2v) is 7.66. The van der Waals surface area contributed by atoms with E-state index >= 15 is 0 Å². The van der Waals surface area contributed by atoms with Gasteiger partial charge in [0.15, 0.2) is 0 Å². The fourth-order valence-electron chi connectivity index (χ4n) is 3.86. The number of carbonyl (C=O) groups excluding carboxylic acids is 1. The summed E-state index contributed by atoms with van der Waals surface area (Å²) in [5.41, 5.74) is 0. The van der Waals surface area contributed by atoms with E-state index in [0.717, 1.165) is 12.7 Å². The molecule has 4 bridgehead atoms. The lowest BCUT2D eigenvalue weighted by Crippen LogP contribution is -2.59. The van der Waals surface area contributed by atoms with Crippen molar-refractivity contribution in [1.29, 1.82) is 0 Å². The van der Waals surface area contributed by atoms with Crippen LogP contribution >= 0.6 is 11.6 Å². The summed E-state index contributed by atoms with van der Waals surface area (Å²) in [5.74, 6) is 0.348. The highest BCUT2D eigenvalue weighted by molar-refractivity contribution is 7.86. The number of carbonyl (C=O) groups is 1. The normalized spacial score (nSPS) is 48.7. The maximum absolute atomic E-state index is 12.1. The molecule has 0 aromatic heterocycles. The topological polar surface area (TPSA) is 60.4 Å². The predicted molar refractivity (Wildman–Crippen MR) is 62.2 cm³/mol. The van der Waals surface area contributed by atoms with Crippen molar-refractivity contribution in [2.45, 2.75) is 30.7 Å². The van der Waals surface area contributed by atoms with Crippen LogP contribution in [0.3, 0.4) is 0 Å². The Morgan fingerprint density at radius 3 is 2.47 bits per heavy atom. The Labute approximate surface area is 106 Å². The van der Waals surface area contributed by atoms with Gasteiger partial charge in [0.1, 0.15) is 5.78 Å². The first-order valence-electron chi connectivity index (χ1n) is 5.93. The molecule has 4 aliphatic carbocycles. The van der Waals surface area contributed by atoms with Crippen LogP contribution in [0.1, 0.15) is 19.3 Å². The Balaban J connectivity index is 1.89. The highest BCUT2D eigenvalue weighted by Crippen LogP contribution is 2.54. The molecule has 6 heteroatoms. The quantitative estimate of drug-likeness (QED) is 0.562. The molecule has 0 aromatic carbocycles. The Bertz CT molecular complexity index is 460. The lowest BCUT2D eigenvalue weighted by atomic mass is 9.54. The molecule has 0 amide bonds. The minimum Gasteiger partial charge on any atom is -0.299 e. The van der Waals surface area contributed by atoms with E-state index in [1.165, 1.54) is 0 Å². The number of hydrogen-bond donors (Lipinski definition) is 0. The van der Waals surface area contributed by atoms with Gasteiger partial charge in [-0.1, -0.05) is 0 Å². The highest BCUT2D eigenvalue weighted by Gasteiger charge is 2.58. The lowest BCUT2D eigenvalue weighted by Gasteiger charge is -2.54. The van der Waals surface area contributed by atoms with Gasteiger partial charge in [0.2, 0.25) is 0 Å². The van der Waals surface area contributed by atoms with Crippen LogP contribution in [0.5, 0.6) is 0 Å². The van der Waals surface area contributed by atoms with Crippen molar-refractivity contribution < 1.29 is 17.4 Å². The molecule has 4 nitrogen and oxygen atoms in total. The van der Waals surface area contributed by atoms with E-state index in [0.29, 0.717) is 18.8 Å². The molecule has 0 spiro atoms. The first-order valence-corrected chi connectivity index (χ1v) is 8.18. The third-order valence-corrected chi connectivity index (χ3v) is 5.66. The molecule has 4 rings (SSSR count). The van der Waals surface area contributed by atoms with Crippen LogP contribution in [0.15, 0.2) is 0 Å². The molecular formula is C11H15ClO4S. The molecule has 4 fully saturated rings. The van der Waals surface area contributed by atoms with Crippen LogP contribution in [0.2, 0.25) is 0 Å². The molecule has 0 aromatic rings. The summed E-state index contributed by atoms with van der Waals surface area (Å²) in [6.07, 6.45) is 2.90. The summed E-state index contributed by atoms with van der Waals surface area (Å²) in [6, 6.07) is 0. The Kier molecular flexibility index (Phi) is 2.58. The van der Waals surface area contributed by atoms with E-state index < -0.39 is 16.2 Å². The number of alkyl halides is 1. The van der Waals surface area contributed by atoms with Gasteiger partial charge in [0, 0.05) is 17.2 Å². The van der Waals surface area contributed by atoms with Crippen LogP contribution in [0, 0.1) is 23.7 Å². The molecular weight excluding hydrogens is 264 g/mol. The van der Waals surface area contributed by atoms with E-state index in [-0.39, 0.29) is 28.9 Å². The number of ketones is 1. The summed E-state index contributed by atoms with van der Waals surface area (Å²) in [7, 11) is -3.49. The molecule has 0 aliphatic heterocycles. The summed E-state index contributed by atoms with van der Waals surface area (Å²) in [6.45, 7) is 0. The Morgan fingerprint density at radius 1 is 1.18 bits per heavy atom. The molecule has 0 radical (unpaired) electrons. The summed E-state index contributed by atoms with van der Waals surface area (Å²) >= 11 is 6.27. The second kappa shape index (κ2) is 3.68. The van der Waals surface area contributed by atoms with E-state index in [4.69, 9.17) is 15.8 Å². The molecule has 0 N–H and O–H groups in total. The van der Waals surface area contributed by atoms with Gasteiger partial charge in [-0.05, 0) is 31.1 Å². The summed E-state index contributed by atoms with van der Waals surface area (Å²) in [5, 5.41) is -0.0471. The van der Waals surface area contributed by atoms with Gasteiger partial charge >= 0.3 is 0 Å². The van der Waals surface area contributed by atoms with E-state index in [1.54, 1.807) is 0 Å². The highest BCUT2D eigenvalue weighted by atomic mass is 35.5. The zero-order valence-electron chi connectivity index (χ0n) is 9.50. The molecule has 0 saturated heterocycles. The van der Waals surface area contributed by atoms with Gasteiger partial charge in [0.25, 0.3) is 10.1 Å². The molecule has 4 saturated carbocycles. The fraction of sp³-hybridized carbons (Fsp3) is 0.909. The van der Waals surface area contributed by atoms with Crippen LogP contribution in [-0.4, -0.2) is 31.9 Å². The smallest absolute Gasteiger partial charge is 0.264 e. The molecule has 96 valence electrons. The van der Waals surface area contributed by atoms with Gasteiger partial charge in [-0.2, -0.15) is 8.42 Å². The third-order valence-electron chi connectivity index (χ3n) is 4.43. The monoisotopic (exact) mass is 278 g/mol. The van der Waals surface area contributed by atoms with Gasteiger partial charge in [-0.25, -0.2) is 0 Å². The fourth-order valence-corrected chi connectivity index (χ4v) is 4.98. The van der Waals surface area contributed by atoms with E-state index in [1.807, 2.05) is 0 Å². The van der Waals surface area contributed by atoms with Crippen LogP contribution < -0.4 is 0 Å². The van der Waals surface area contributed by atoms with Gasteiger partial charge < -0.3 is 0 Å². The van der Waals surface area contributed by atoms with E-state index in [2.05, 4.69) is 0 Å². The van der Waals surface area contributed by atoms with Crippen molar-refractivity contribution in [2.24, 2.45) is 23.7 Å². The van der Waals surface area contributed by atoms with Crippen LogP contribution in [0.25, 0.3) is 0 Å². The van der Waals surface area contributed by atoms with Crippen LogP contribution in [0.4, 0.5) is 0 Å². The molecule has 17 heavy (non-hydrogen) atoms. The van der Waals surface area contributed by atoms with E-state index in [9.17, 15) is 13.2 Å². The average Bonchev–Trinajstić information content (AvgIpc) is 2.20. The minimum atomic E-state index is -3.49. The number of halogens is 1. The largest absolute Gasteiger partial charge is 0.299 e. The number of hydrogen-bond acceptors (Lipinski definition) is 4. The van der Waals surface area contributed by atoms with Crippen molar-refractivity contribution >= 4 is 27.5 Å². The van der Waals surface area contributed by atoms with Crippen LogP contribution in [-0.2, 0) is 19.1 Å². The Hall–Kier alpha value is -0.130. The lowest BCUT2D eigenvalue weighted by molar-refractivity contribution is -0.150. The molecule has 0 heterocycles. The zero-order chi connectivity index (χ0) is 12.4. The van der Waals surface area contributed by atoms with Crippen molar-refractivity contribution in [1.82, 2.24) is 0 Å². The van der Waals surface area contributed by atoms with Crippen molar-refractivity contribution in [3.05, 3.63) is 0 Å². The van der Waals surface area contributed by atoms with Crippen molar-refractivity contribution in [2.75, 3.05) is 6.26 Å². The zero-order valence-corrected chi connectivity index (χ0v) is 11.1. The van der Waals surface area contributed by atoms with Gasteiger partial charge in [0.05, 0.1) is 12.4 Å². The standard InChI is InChI=1S/C11H15ClO4S/c1-17(14,15)16-11-6-2-5-3-8(11)10(13)7(4-6)9(5)12/h5-9,11H,2-4H2,1H3/t5?,6?,7?,8?,9-,11+/m1/s1. The summed E-state index contributed by atoms with van der Waals surface area (Å²) < 4.78 is 27.6. The summed E-state index contributed by atoms with van der Waals surface area (Å²) in [4.78, 5) is 12.1. The molecule has 6 atom stereocenters. The molecule has 4 unspecified atom stereocenters. The SMILES string of the molecule is CS(=O)(=O)O[C@H]1C2CC3CC1C(=O)C(C2)[C@@H]3Cl. The minimum absolute atomic E-state index is 0.0471. The third kappa shape index (κ3) is 1.83. The van der Waals surface area contributed by atoms with Gasteiger partial charge in [-0.15, -0.1) is 11.6 Å². The number of rotatable bonds is 2. The van der Waals surface area contributed by atoms with Crippen molar-refractivity contribution in [3.8, 4) is 0 Å². The Morgan fingerprint density at radius 2 is 1.82 bits per heavy atom. The first kappa shape index (κ1) is 11.9. The maximum Gasteiger partial charge on any atom is 0.264 e.